The Morgan fingerprint density at radius 2 is 1.86 bits per heavy atom. The molecule has 0 aliphatic rings. The molecule has 0 fully saturated rings. The van der Waals surface area contributed by atoms with Crippen LogP contribution in [0.5, 0.6) is 0 Å². The van der Waals surface area contributed by atoms with Crippen molar-refractivity contribution < 1.29 is 4.79 Å². The van der Waals surface area contributed by atoms with E-state index in [1.807, 2.05) is 30.3 Å². The molecule has 6 nitrogen and oxygen atoms in total. The van der Waals surface area contributed by atoms with E-state index in [0.717, 1.165) is 10.6 Å². The molecule has 0 unspecified atom stereocenters. The molecule has 1 aromatic carbocycles. The molecular weight excluding hydrogens is 298 g/mol. The summed E-state index contributed by atoms with van der Waals surface area (Å²) in [6.07, 6.45) is 0. The van der Waals surface area contributed by atoms with E-state index in [9.17, 15) is 4.79 Å². The highest BCUT2D eigenvalue weighted by Crippen LogP contribution is 2.28. The lowest BCUT2D eigenvalue weighted by atomic mass is 10.1. The van der Waals surface area contributed by atoms with Crippen molar-refractivity contribution in [3.63, 3.8) is 0 Å². The smallest absolute Gasteiger partial charge is 0.234 e. The third-order valence-electron chi connectivity index (χ3n) is 3.16. The lowest BCUT2D eigenvalue weighted by Crippen LogP contribution is -2.01. The highest BCUT2D eigenvalue weighted by atomic mass is 32.1. The van der Waals surface area contributed by atoms with Gasteiger partial charge in [0, 0.05) is 18.4 Å². The quantitative estimate of drug-likeness (QED) is 0.692. The minimum Gasteiger partial charge on any atom is -0.293 e. The molecule has 2 aromatic heterocycles. The van der Waals surface area contributed by atoms with Crippen LogP contribution in [0.3, 0.4) is 0 Å². The van der Waals surface area contributed by atoms with Crippen LogP contribution in [0.25, 0.3) is 16.4 Å². The van der Waals surface area contributed by atoms with Gasteiger partial charge in [0.25, 0.3) is 0 Å². The Hall–Kier alpha value is -2.41. The Morgan fingerprint density at radius 3 is 2.45 bits per heavy atom. The van der Waals surface area contributed by atoms with Gasteiger partial charge in [-0.1, -0.05) is 60.7 Å². The van der Waals surface area contributed by atoms with E-state index in [1.54, 1.807) is 4.68 Å². The Bertz CT molecular complexity index is 806. The van der Waals surface area contributed by atoms with Crippen LogP contribution in [0.1, 0.15) is 42.2 Å². The molecule has 0 saturated carbocycles. The second-order valence-electron chi connectivity index (χ2n) is 5.20. The molecule has 0 N–H and O–H groups in total. The van der Waals surface area contributed by atoms with E-state index in [0.29, 0.717) is 22.4 Å². The second-order valence-corrected chi connectivity index (χ2v) is 6.19. The number of hydrogen-bond donors (Lipinski definition) is 0. The van der Waals surface area contributed by atoms with Crippen molar-refractivity contribution in [3.05, 3.63) is 41.0 Å². The summed E-state index contributed by atoms with van der Waals surface area (Å²) < 4.78 is 1.59. The van der Waals surface area contributed by atoms with Crippen LogP contribution < -0.4 is 0 Å². The Balaban J connectivity index is 2.18. The van der Waals surface area contributed by atoms with E-state index in [1.165, 1.54) is 18.3 Å². The number of Topliss-reactive ketones (excluding diaryl/α,β-unsaturated/α-hetero) is 1. The van der Waals surface area contributed by atoms with E-state index < -0.39 is 0 Å². The largest absolute Gasteiger partial charge is 0.293 e. The van der Waals surface area contributed by atoms with E-state index in [2.05, 4.69) is 34.4 Å². The molecule has 22 heavy (non-hydrogen) atoms. The summed E-state index contributed by atoms with van der Waals surface area (Å²) in [6.45, 7) is 5.61. The van der Waals surface area contributed by atoms with Crippen molar-refractivity contribution >= 4 is 17.1 Å². The van der Waals surface area contributed by atoms with Gasteiger partial charge in [0.2, 0.25) is 5.13 Å². The van der Waals surface area contributed by atoms with Gasteiger partial charge < -0.3 is 0 Å². The van der Waals surface area contributed by atoms with Gasteiger partial charge in [-0.15, -0.1) is 15.3 Å². The molecule has 0 bridgehead atoms. The van der Waals surface area contributed by atoms with Crippen LogP contribution in [0.4, 0.5) is 0 Å². The van der Waals surface area contributed by atoms with Gasteiger partial charge in [0.15, 0.2) is 11.5 Å². The lowest BCUT2D eigenvalue weighted by Gasteiger charge is -2.04. The van der Waals surface area contributed by atoms with Crippen molar-refractivity contribution in [2.24, 2.45) is 0 Å². The zero-order chi connectivity index (χ0) is 15.7. The average Bonchev–Trinajstić information content (AvgIpc) is 3.14. The normalized spacial score (nSPS) is 11.1. The van der Waals surface area contributed by atoms with Crippen molar-refractivity contribution in [2.45, 2.75) is 26.7 Å². The van der Waals surface area contributed by atoms with E-state index in [-0.39, 0.29) is 5.78 Å². The molecule has 0 spiro atoms. The molecule has 0 atom stereocenters. The zero-order valence-electron chi connectivity index (χ0n) is 12.5. The van der Waals surface area contributed by atoms with Crippen LogP contribution in [0.2, 0.25) is 0 Å². The topological polar surface area (TPSA) is 73.6 Å². The summed E-state index contributed by atoms with van der Waals surface area (Å²) >= 11 is 1.45. The van der Waals surface area contributed by atoms with Gasteiger partial charge in [-0.25, -0.2) is 0 Å². The maximum atomic E-state index is 11.8. The van der Waals surface area contributed by atoms with E-state index in [4.69, 9.17) is 0 Å². The number of ketones is 1. The first-order chi connectivity index (χ1) is 10.6. The van der Waals surface area contributed by atoms with Gasteiger partial charge in [-0.3, -0.25) is 4.79 Å². The predicted molar refractivity (Wildman–Crippen MR) is 84.4 cm³/mol. The molecule has 112 valence electrons. The summed E-state index contributed by atoms with van der Waals surface area (Å²) in [5, 5.41) is 18.0. The fourth-order valence-electron chi connectivity index (χ4n) is 2.05. The molecule has 3 rings (SSSR count). The molecule has 0 radical (unpaired) electrons. The fourth-order valence-corrected chi connectivity index (χ4v) is 2.85. The Labute approximate surface area is 131 Å². The molecule has 3 aromatic rings. The highest BCUT2D eigenvalue weighted by Gasteiger charge is 2.21. The Kier molecular flexibility index (Phi) is 3.81. The maximum absolute atomic E-state index is 11.8. The first-order valence-electron chi connectivity index (χ1n) is 6.93. The number of benzene rings is 1. The molecule has 7 heteroatoms. The van der Waals surface area contributed by atoms with Gasteiger partial charge in [-0.05, 0) is 0 Å². The van der Waals surface area contributed by atoms with Crippen molar-refractivity contribution in [3.8, 4) is 16.4 Å². The number of carbonyl (C=O) groups is 1. The average molecular weight is 313 g/mol. The first-order valence-corrected chi connectivity index (χ1v) is 7.75. The third kappa shape index (κ3) is 2.55. The molecule has 0 saturated heterocycles. The fraction of sp³-hybridized carbons (Fsp3) is 0.267. The zero-order valence-corrected chi connectivity index (χ0v) is 13.3. The predicted octanol–water partition coefficient (Wildman–Crippen LogP) is 3.11. The number of aromatic nitrogens is 5. The Morgan fingerprint density at radius 1 is 1.14 bits per heavy atom. The summed E-state index contributed by atoms with van der Waals surface area (Å²) in [4.78, 5) is 11.8. The van der Waals surface area contributed by atoms with Crippen molar-refractivity contribution in [1.29, 1.82) is 0 Å². The molecule has 0 aliphatic heterocycles. The molecular formula is C15H15N5OS. The van der Waals surface area contributed by atoms with E-state index >= 15 is 0 Å². The first kappa shape index (κ1) is 14.5. The summed E-state index contributed by atoms with van der Waals surface area (Å²) in [5.41, 5.74) is 1.87. The van der Waals surface area contributed by atoms with Crippen LogP contribution in [-0.4, -0.2) is 31.0 Å². The van der Waals surface area contributed by atoms with Crippen molar-refractivity contribution in [1.82, 2.24) is 25.2 Å². The summed E-state index contributed by atoms with van der Waals surface area (Å²) in [6, 6.07) is 9.59. The third-order valence-corrected chi connectivity index (χ3v) is 4.36. The van der Waals surface area contributed by atoms with Gasteiger partial charge in [-0.2, -0.15) is 4.68 Å². The number of carbonyl (C=O) groups excluding carboxylic acids is 1. The second kappa shape index (κ2) is 5.76. The van der Waals surface area contributed by atoms with Crippen LogP contribution in [0.15, 0.2) is 30.3 Å². The van der Waals surface area contributed by atoms with Gasteiger partial charge in [0.05, 0.1) is 0 Å². The molecule has 0 amide bonds. The summed E-state index contributed by atoms with van der Waals surface area (Å²) in [5.74, 6) is 0.168. The number of rotatable bonds is 4. The highest BCUT2D eigenvalue weighted by molar-refractivity contribution is 7.13. The van der Waals surface area contributed by atoms with Crippen LogP contribution in [0, 0.1) is 0 Å². The minimum absolute atomic E-state index is 0.126. The van der Waals surface area contributed by atoms with Gasteiger partial charge >= 0.3 is 0 Å². The van der Waals surface area contributed by atoms with Crippen LogP contribution >= 0.6 is 11.3 Å². The summed E-state index contributed by atoms with van der Waals surface area (Å²) in [7, 11) is 0. The molecule has 2 heterocycles. The standard InChI is InChI=1S/C15H15N5OS/c1-9(2)14-17-18-15(22-14)20-13(11-7-5-4-6-8-11)12(10(3)21)16-19-20/h4-9H,1-3H3. The number of hydrogen-bond acceptors (Lipinski definition) is 6. The lowest BCUT2D eigenvalue weighted by molar-refractivity contribution is 0.101. The molecule has 0 aliphatic carbocycles. The van der Waals surface area contributed by atoms with Crippen molar-refractivity contribution in [2.75, 3.05) is 0 Å². The minimum atomic E-state index is -0.126. The van der Waals surface area contributed by atoms with Gasteiger partial charge in [0.1, 0.15) is 10.7 Å². The monoisotopic (exact) mass is 313 g/mol. The number of nitrogens with zero attached hydrogens (tertiary/aromatic N) is 5. The maximum Gasteiger partial charge on any atom is 0.234 e. The van der Waals surface area contributed by atoms with Crippen LogP contribution in [-0.2, 0) is 0 Å². The SMILES string of the molecule is CC(=O)c1nnn(-c2nnc(C(C)C)s2)c1-c1ccccc1.